The first-order chi connectivity index (χ1) is 13.1. The van der Waals surface area contributed by atoms with Crippen molar-refractivity contribution in [1.29, 1.82) is 0 Å². The van der Waals surface area contributed by atoms with E-state index in [2.05, 4.69) is 10.2 Å². The van der Waals surface area contributed by atoms with Gasteiger partial charge in [0.15, 0.2) is 15.6 Å². The van der Waals surface area contributed by atoms with E-state index in [-0.39, 0.29) is 22.3 Å². The van der Waals surface area contributed by atoms with E-state index in [1.54, 1.807) is 36.4 Å². The lowest BCUT2D eigenvalue weighted by molar-refractivity contribution is 0.0922. The van der Waals surface area contributed by atoms with Crippen LogP contribution in [0.4, 0.5) is 0 Å². The van der Waals surface area contributed by atoms with Crippen LogP contribution in [0.1, 0.15) is 41.8 Å². The standard InChI is InChI=1S/C20H26N2O4S/c23-20(21-11-7-14-22-12-5-2-6-13-22)19-17(10-15-26-19)16-27(24,25)18-8-3-1-4-9-18/h1,3-4,8-10,15H,2,5-7,11-14,16H2,(H,21,23). The summed E-state index contributed by atoms with van der Waals surface area (Å²) in [7, 11) is -3.53. The molecular weight excluding hydrogens is 364 g/mol. The smallest absolute Gasteiger partial charge is 0.287 e. The highest BCUT2D eigenvalue weighted by Crippen LogP contribution is 2.20. The van der Waals surface area contributed by atoms with E-state index in [9.17, 15) is 13.2 Å². The Morgan fingerprint density at radius 1 is 1.07 bits per heavy atom. The number of likely N-dealkylation sites (tertiary alicyclic amines) is 1. The minimum atomic E-state index is -3.53. The van der Waals surface area contributed by atoms with Crippen molar-refractivity contribution < 1.29 is 17.6 Å². The summed E-state index contributed by atoms with van der Waals surface area (Å²) in [6.45, 7) is 3.77. The number of sulfone groups is 1. The zero-order valence-electron chi connectivity index (χ0n) is 15.4. The van der Waals surface area contributed by atoms with Crippen molar-refractivity contribution in [3.63, 3.8) is 0 Å². The van der Waals surface area contributed by atoms with Crippen LogP contribution in [0.15, 0.2) is 52.0 Å². The number of amides is 1. The van der Waals surface area contributed by atoms with Gasteiger partial charge in [-0.05, 0) is 57.1 Å². The van der Waals surface area contributed by atoms with E-state index >= 15 is 0 Å². The molecule has 1 N–H and O–H groups in total. The molecule has 2 heterocycles. The largest absolute Gasteiger partial charge is 0.459 e. The predicted octanol–water partition coefficient (Wildman–Crippen LogP) is 2.86. The van der Waals surface area contributed by atoms with Gasteiger partial charge in [0.25, 0.3) is 5.91 Å². The van der Waals surface area contributed by atoms with Gasteiger partial charge in [-0.15, -0.1) is 0 Å². The summed E-state index contributed by atoms with van der Waals surface area (Å²) >= 11 is 0. The van der Waals surface area contributed by atoms with E-state index in [4.69, 9.17) is 4.42 Å². The van der Waals surface area contributed by atoms with Gasteiger partial charge in [0.2, 0.25) is 0 Å². The lowest BCUT2D eigenvalue weighted by Gasteiger charge is -2.26. The van der Waals surface area contributed by atoms with Crippen molar-refractivity contribution in [2.75, 3.05) is 26.2 Å². The molecular formula is C20H26N2O4S. The van der Waals surface area contributed by atoms with Gasteiger partial charge in [-0.1, -0.05) is 24.6 Å². The average Bonchev–Trinajstić information content (AvgIpc) is 3.14. The molecule has 7 heteroatoms. The average molecular weight is 391 g/mol. The van der Waals surface area contributed by atoms with Gasteiger partial charge in [-0.3, -0.25) is 4.79 Å². The first kappa shape index (κ1) is 19.6. The summed E-state index contributed by atoms with van der Waals surface area (Å²) in [6.07, 6.45) is 6.03. The van der Waals surface area contributed by atoms with E-state index in [1.165, 1.54) is 25.5 Å². The molecule has 0 atom stereocenters. The number of nitrogens with zero attached hydrogens (tertiary/aromatic N) is 1. The van der Waals surface area contributed by atoms with Crippen molar-refractivity contribution in [3.05, 3.63) is 54.0 Å². The van der Waals surface area contributed by atoms with Crippen LogP contribution in [0.25, 0.3) is 0 Å². The summed E-state index contributed by atoms with van der Waals surface area (Å²) in [5, 5.41) is 2.84. The number of hydrogen-bond acceptors (Lipinski definition) is 5. The molecule has 1 fully saturated rings. The Hall–Kier alpha value is -2.12. The lowest BCUT2D eigenvalue weighted by atomic mass is 10.1. The third-order valence-corrected chi connectivity index (χ3v) is 6.47. The number of hydrogen-bond donors (Lipinski definition) is 1. The molecule has 27 heavy (non-hydrogen) atoms. The Bertz CT molecular complexity index is 840. The fourth-order valence-electron chi connectivity index (χ4n) is 3.33. The van der Waals surface area contributed by atoms with E-state index in [0.717, 1.165) is 26.1 Å². The van der Waals surface area contributed by atoms with Crippen molar-refractivity contribution in [2.45, 2.75) is 36.3 Å². The number of benzene rings is 1. The number of rotatable bonds is 8. The molecule has 0 saturated carbocycles. The number of furan rings is 1. The summed E-state index contributed by atoms with van der Waals surface area (Å²) in [6, 6.07) is 9.77. The second kappa shape index (κ2) is 9.19. The monoisotopic (exact) mass is 390 g/mol. The van der Waals surface area contributed by atoms with Crippen LogP contribution in [0, 0.1) is 0 Å². The SMILES string of the molecule is O=C(NCCCN1CCCCC1)c1occc1CS(=O)(=O)c1ccccc1. The summed E-state index contributed by atoms with van der Waals surface area (Å²) < 4.78 is 30.3. The second-order valence-electron chi connectivity index (χ2n) is 6.86. The van der Waals surface area contributed by atoms with Crippen LogP contribution in [-0.4, -0.2) is 45.4 Å². The van der Waals surface area contributed by atoms with Crippen LogP contribution in [0.5, 0.6) is 0 Å². The molecule has 2 aromatic rings. The van der Waals surface area contributed by atoms with Crippen LogP contribution >= 0.6 is 0 Å². The molecule has 1 aromatic carbocycles. The van der Waals surface area contributed by atoms with Gasteiger partial charge in [0.1, 0.15) is 0 Å². The second-order valence-corrected chi connectivity index (χ2v) is 8.85. The molecule has 1 aliphatic rings. The Labute approximate surface area is 160 Å². The molecule has 0 spiro atoms. The lowest BCUT2D eigenvalue weighted by Crippen LogP contribution is -2.33. The molecule has 1 amide bonds. The predicted molar refractivity (Wildman–Crippen MR) is 103 cm³/mol. The molecule has 0 bridgehead atoms. The summed E-state index contributed by atoms with van der Waals surface area (Å²) in [4.78, 5) is 15.0. The highest BCUT2D eigenvalue weighted by molar-refractivity contribution is 7.90. The normalized spacial score (nSPS) is 15.6. The van der Waals surface area contributed by atoms with Crippen LogP contribution in [-0.2, 0) is 15.6 Å². The molecule has 0 aliphatic carbocycles. The fraction of sp³-hybridized carbons (Fsp3) is 0.450. The molecule has 1 aromatic heterocycles. The Morgan fingerprint density at radius 2 is 1.81 bits per heavy atom. The zero-order valence-corrected chi connectivity index (χ0v) is 16.2. The Balaban J connectivity index is 1.53. The van der Waals surface area contributed by atoms with Crippen LogP contribution in [0.3, 0.4) is 0 Å². The first-order valence-corrected chi connectivity index (χ1v) is 11.1. The Morgan fingerprint density at radius 3 is 2.56 bits per heavy atom. The number of carbonyl (C=O) groups excluding carboxylic acids is 1. The maximum Gasteiger partial charge on any atom is 0.287 e. The van der Waals surface area contributed by atoms with Crippen LogP contribution < -0.4 is 5.32 Å². The molecule has 6 nitrogen and oxygen atoms in total. The molecule has 3 rings (SSSR count). The number of nitrogens with one attached hydrogen (secondary N) is 1. The topological polar surface area (TPSA) is 79.6 Å². The van der Waals surface area contributed by atoms with Gasteiger partial charge in [0.05, 0.1) is 16.9 Å². The van der Waals surface area contributed by atoms with Crippen molar-refractivity contribution in [2.24, 2.45) is 0 Å². The number of carbonyl (C=O) groups is 1. The quantitative estimate of drug-likeness (QED) is 0.701. The Kier molecular flexibility index (Phi) is 6.68. The molecule has 1 aliphatic heterocycles. The highest BCUT2D eigenvalue weighted by atomic mass is 32.2. The van der Waals surface area contributed by atoms with Gasteiger partial charge < -0.3 is 14.6 Å². The minimum absolute atomic E-state index is 0.0764. The van der Waals surface area contributed by atoms with Gasteiger partial charge in [0, 0.05) is 12.1 Å². The molecule has 0 unspecified atom stereocenters. The third-order valence-electron chi connectivity index (χ3n) is 4.79. The van der Waals surface area contributed by atoms with Gasteiger partial charge in [-0.2, -0.15) is 0 Å². The van der Waals surface area contributed by atoms with Crippen LogP contribution in [0.2, 0.25) is 0 Å². The molecule has 146 valence electrons. The highest BCUT2D eigenvalue weighted by Gasteiger charge is 2.22. The van der Waals surface area contributed by atoms with E-state index in [1.807, 2.05) is 0 Å². The number of piperidine rings is 1. The summed E-state index contributed by atoms with van der Waals surface area (Å²) in [5.41, 5.74) is 0.382. The van der Waals surface area contributed by atoms with Crippen molar-refractivity contribution in [3.8, 4) is 0 Å². The fourth-order valence-corrected chi connectivity index (χ4v) is 4.71. The third kappa shape index (κ3) is 5.43. The van der Waals surface area contributed by atoms with E-state index in [0.29, 0.717) is 12.1 Å². The molecule has 1 saturated heterocycles. The molecule has 0 radical (unpaired) electrons. The maximum absolute atomic E-state index is 12.5. The maximum atomic E-state index is 12.5. The first-order valence-electron chi connectivity index (χ1n) is 9.41. The zero-order chi connectivity index (χ0) is 19.1. The van der Waals surface area contributed by atoms with Gasteiger partial charge >= 0.3 is 0 Å². The summed E-state index contributed by atoms with van der Waals surface area (Å²) in [5.74, 6) is -0.547. The van der Waals surface area contributed by atoms with E-state index < -0.39 is 9.84 Å². The minimum Gasteiger partial charge on any atom is -0.459 e. The van der Waals surface area contributed by atoms with Crippen molar-refractivity contribution >= 4 is 15.7 Å². The van der Waals surface area contributed by atoms with Gasteiger partial charge in [-0.25, -0.2) is 8.42 Å². The van der Waals surface area contributed by atoms with Crippen molar-refractivity contribution in [1.82, 2.24) is 10.2 Å².